The Balaban J connectivity index is 1.87. The second kappa shape index (κ2) is 5.95. The van der Waals surface area contributed by atoms with Crippen LogP contribution in [-0.4, -0.2) is 30.3 Å². The van der Waals surface area contributed by atoms with Gasteiger partial charge in [-0.3, -0.25) is 0 Å². The molecule has 1 aliphatic carbocycles. The van der Waals surface area contributed by atoms with Gasteiger partial charge in [0, 0.05) is 12.6 Å². The molecular formula is C14H20N2O2S3. The smallest absolute Gasteiger partial charge is 0.252 e. The first-order valence-electron chi connectivity index (χ1n) is 7.41. The number of sulfonamides is 1. The van der Waals surface area contributed by atoms with Gasteiger partial charge in [0.2, 0.25) is 0 Å². The molecule has 3 rings (SSSR count). The van der Waals surface area contributed by atoms with Crippen molar-refractivity contribution in [3.63, 3.8) is 0 Å². The summed E-state index contributed by atoms with van der Waals surface area (Å²) in [6.07, 6.45) is 6.77. The molecule has 0 aromatic carbocycles. The second-order valence-electron chi connectivity index (χ2n) is 5.85. The van der Waals surface area contributed by atoms with Gasteiger partial charge in [-0.2, -0.15) is 4.31 Å². The van der Waals surface area contributed by atoms with Crippen LogP contribution in [0.3, 0.4) is 0 Å². The topological polar surface area (TPSA) is 63.4 Å². The molecule has 116 valence electrons. The van der Waals surface area contributed by atoms with Crippen LogP contribution in [-0.2, 0) is 10.0 Å². The maximum Gasteiger partial charge on any atom is 0.252 e. The summed E-state index contributed by atoms with van der Waals surface area (Å²) in [7, 11) is -3.40. The predicted octanol–water partition coefficient (Wildman–Crippen LogP) is 2.73. The van der Waals surface area contributed by atoms with E-state index in [1.54, 1.807) is 16.4 Å². The molecule has 1 saturated heterocycles. The van der Waals surface area contributed by atoms with Gasteiger partial charge in [-0.25, -0.2) is 8.42 Å². The largest absolute Gasteiger partial charge is 0.389 e. The van der Waals surface area contributed by atoms with Gasteiger partial charge in [0.25, 0.3) is 10.0 Å². The van der Waals surface area contributed by atoms with Crippen LogP contribution >= 0.6 is 23.6 Å². The van der Waals surface area contributed by atoms with Crippen molar-refractivity contribution < 1.29 is 8.42 Å². The number of nitrogens with zero attached hydrogens (tertiary/aromatic N) is 1. The summed E-state index contributed by atoms with van der Waals surface area (Å²) in [5, 5.41) is 0. The van der Waals surface area contributed by atoms with Gasteiger partial charge in [0.05, 0.1) is 4.88 Å². The van der Waals surface area contributed by atoms with Crippen LogP contribution in [0.5, 0.6) is 0 Å². The third-order valence-electron chi connectivity index (χ3n) is 4.58. The van der Waals surface area contributed by atoms with Crippen LogP contribution in [0.15, 0.2) is 16.3 Å². The van der Waals surface area contributed by atoms with Gasteiger partial charge in [-0.1, -0.05) is 25.1 Å². The Morgan fingerprint density at radius 2 is 1.95 bits per heavy atom. The molecule has 2 heterocycles. The molecule has 1 saturated carbocycles. The van der Waals surface area contributed by atoms with Gasteiger partial charge in [0.15, 0.2) is 0 Å². The molecule has 1 aliphatic heterocycles. The highest BCUT2D eigenvalue weighted by Crippen LogP contribution is 2.39. The van der Waals surface area contributed by atoms with E-state index in [-0.39, 0.29) is 11.0 Å². The van der Waals surface area contributed by atoms with E-state index >= 15 is 0 Å². The number of rotatable bonds is 4. The lowest BCUT2D eigenvalue weighted by atomic mass is 9.97. The summed E-state index contributed by atoms with van der Waals surface area (Å²) in [5.41, 5.74) is 5.58. The van der Waals surface area contributed by atoms with Crippen molar-refractivity contribution in [2.45, 2.75) is 48.8 Å². The van der Waals surface area contributed by atoms with Gasteiger partial charge in [-0.15, -0.1) is 11.3 Å². The molecule has 1 atom stereocenters. The quantitative estimate of drug-likeness (QED) is 0.853. The monoisotopic (exact) mass is 344 g/mol. The number of thiocarbonyl (C=S) groups is 1. The molecule has 4 nitrogen and oxygen atoms in total. The van der Waals surface area contributed by atoms with Gasteiger partial charge in [-0.05, 0) is 43.7 Å². The highest BCUT2D eigenvalue weighted by atomic mass is 32.2. The van der Waals surface area contributed by atoms with Crippen molar-refractivity contribution in [2.24, 2.45) is 11.7 Å². The van der Waals surface area contributed by atoms with E-state index < -0.39 is 10.0 Å². The number of nitrogens with two attached hydrogens (primary N) is 1. The molecule has 2 fully saturated rings. The zero-order valence-corrected chi connectivity index (χ0v) is 14.3. The molecule has 0 amide bonds. The Hall–Kier alpha value is -0.500. The zero-order valence-electron chi connectivity index (χ0n) is 11.8. The molecule has 0 radical (unpaired) electrons. The molecule has 2 N–H and O–H groups in total. The number of thiophene rings is 1. The minimum absolute atomic E-state index is 0.188. The van der Waals surface area contributed by atoms with E-state index in [9.17, 15) is 8.42 Å². The van der Waals surface area contributed by atoms with Crippen LogP contribution in [0, 0.1) is 5.92 Å². The fraction of sp³-hybridized carbons (Fsp3) is 0.643. The third-order valence-corrected chi connectivity index (χ3v) is 8.44. The minimum atomic E-state index is -3.40. The Labute approximate surface area is 135 Å². The Bertz CT molecular complexity index is 632. The maximum atomic E-state index is 12.9. The van der Waals surface area contributed by atoms with Crippen LogP contribution in [0.1, 0.15) is 43.4 Å². The Kier molecular flexibility index (Phi) is 4.36. The standard InChI is InChI=1S/C14H20N2O2S3/c15-14(19)12-7-8-13(20-12)21(17,18)16-9-3-6-11(16)10-4-1-2-5-10/h7-8,10-11H,1-6,9H2,(H2,15,19). The molecule has 0 spiro atoms. The lowest BCUT2D eigenvalue weighted by Crippen LogP contribution is -2.39. The summed E-state index contributed by atoms with van der Waals surface area (Å²) >= 11 is 6.11. The van der Waals surface area contributed by atoms with Crippen LogP contribution in [0.2, 0.25) is 0 Å². The Morgan fingerprint density at radius 3 is 2.57 bits per heavy atom. The number of hydrogen-bond donors (Lipinski definition) is 1. The van der Waals surface area contributed by atoms with Crippen LogP contribution < -0.4 is 5.73 Å². The van der Waals surface area contributed by atoms with Crippen LogP contribution in [0.4, 0.5) is 0 Å². The van der Waals surface area contributed by atoms with E-state index in [0.29, 0.717) is 21.5 Å². The van der Waals surface area contributed by atoms with E-state index in [0.717, 1.165) is 12.8 Å². The summed E-state index contributed by atoms with van der Waals surface area (Å²) in [5.74, 6) is 0.539. The first kappa shape index (κ1) is 15.4. The first-order chi connectivity index (χ1) is 10.00. The molecule has 1 aromatic heterocycles. The zero-order chi connectivity index (χ0) is 15.0. The fourth-order valence-corrected chi connectivity index (χ4v) is 6.82. The van der Waals surface area contributed by atoms with E-state index in [1.807, 2.05) is 0 Å². The highest BCUT2D eigenvalue weighted by molar-refractivity contribution is 7.91. The summed E-state index contributed by atoms with van der Waals surface area (Å²) < 4.78 is 27.9. The van der Waals surface area contributed by atoms with Gasteiger partial charge >= 0.3 is 0 Å². The summed E-state index contributed by atoms with van der Waals surface area (Å²) in [4.78, 5) is 0.926. The fourth-order valence-electron chi connectivity index (χ4n) is 3.58. The molecule has 21 heavy (non-hydrogen) atoms. The Morgan fingerprint density at radius 1 is 1.24 bits per heavy atom. The van der Waals surface area contributed by atoms with E-state index in [1.165, 1.54) is 37.0 Å². The summed E-state index contributed by atoms with van der Waals surface area (Å²) in [6.45, 7) is 0.643. The normalized spacial score (nSPS) is 24.7. The van der Waals surface area contributed by atoms with Crippen molar-refractivity contribution in [3.05, 3.63) is 17.0 Å². The first-order valence-corrected chi connectivity index (χ1v) is 10.1. The molecular weight excluding hydrogens is 324 g/mol. The second-order valence-corrected chi connectivity index (χ2v) is 9.49. The third kappa shape index (κ3) is 2.88. The average Bonchev–Trinajstić information content (AvgIpc) is 3.19. The van der Waals surface area contributed by atoms with Gasteiger partial charge < -0.3 is 5.73 Å². The van der Waals surface area contributed by atoms with Crippen molar-refractivity contribution >= 4 is 38.6 Å². The van der Waals surface area contributed by atoms with Crippen LogP contribution in [0.25, 0.3) is 0 Å². The van der Waals surface area contributed by atoms with Crippen molar-refractivity contribution in [2.75, 3.05) is 6.54 Å². The molecule has 7 heteroatoms. The van der Waals surface area contributed by atoms with Crippen molar-refractivity contribution in [3.8, 4) is 0 Å². The van der Waals surface area contributed by atoms with Gasteiger partial charge in [0.1, 0.15) is 9.20 Å². The minimum Gasteiger partial charge on any atom is -0.389 e. The van der Waals surface area contributed by atoms with E-state index in [2.05, 4.69) is 0 Å². The lowest BCUT2D eigenvalue weighted by molar-refractivity contribution is 0.289. The summed E-state index contributed by atoms with van der Waals surface area (Å²) in [6, 6.07) is 3.53. The van der Waals surface area contributed by atoms with E-state index in [4.69, 9.17) is 18.0 Å². The number of hydrogen-bond acceptors (Lipinski definition) is 4. The molecule has 0 bridgehead atoms. The highest BCUT2D eigenvalue weighted by Gasteiger charge is 2.40. The molecule has 1 unspecified atom stereocenters. The van der Waals surface area contributed by atoms with Crippen molar-refractivity contribution in [1.29, 1.82) is 0 Å². The maximum absolute atomic E-state index is 12.9. The lowest BCUT2D eigenvalue weighted by Gasteiger charge is -2.28. The van der Waals surface area contributed by atoms with Crippen molar-refractivity contribution in [1.82, 2.24) is 4.31 Å². The molecule has 2 aliphatic rings. The SMILES string of the molecule is NC(=S)c1ccc(S(=O)(=O)N2CCCC2C2CCCC2)s1. The predicted molar refractivity (Wildman–Crippen MR) is 89.1 cm³/mol. The average molecular weight is 345 g/mol. The molecule has 1 aromatic rings.